The maximum atomic E-state index is 12.9. The lowest BCUT2D eigenvalue weighted by Crippen LogP contribution is -2.53. The standard InChI is InChI=1S/C20H27FN2O4/c21-15-6-4-14(5-7-15)19(25)22-11-10-16-8-9-17(18(12-24)27-16)23-20(26)13-2-1-3-13/h4-7,13,16-18,24H,1-3,8-12H2,(H,22,25)(H,23,26)/t16-,17+,18+/m0/s1. The van der Waals surface area contributed by atoms with Crippen LogP contribution in [-0.4, -0.2) is 48.3 Å². The van der Waals surface area contributed by atoms with Crippen molar-refractivity contribution in [3.8, 4) is 0 Å². The number of rotatable bonds is 7. The molecule has 3 rings (SSSR count). The van der Waals surface area contributed by atoms with Gasteiger partial charge in [0.25, 0.3) is 5.91 Å². The molecular formula is C20H27FN2O4. The molecule has 0 spiro atoms. The minimum Gasteiger partial charge on any atom is -0.394 e. The highest BCUT2D eigenvalue weighted by Crippen LogP contribution is 2.28. The van der Waals surface area contributed by atoms with E-state index >= 15 is 0 Å². The second-order valence-electron chi connectivity index (χ2n) is 7.35. The Bertz CT molecular complexity index is 648. The minimum atomic E-state index is -0.416. The van der Waals surface area contributed by atoms with E-state index in [9.17, 15) is 19.1 Å². The van der Waals surface area contributed by atoms with E-state index in [0.717, 1.165) is 32.1 Å². The number of carbonyl (C=O) groups is 2. The van der Waals surface area contributed by atoms with Gasteiger partial charge in [-0.1, -0.05) is 6.42 Å². The van der Waals surface area contributed by atoms with Crippen LogP contribution in [0.1, 0.15) is 48.9 Å². The summed E-state index contributed by atoms with van der Waals surface area (Å²) in [6, 6.07) is 5.23. The first kappa shape index (κ1) is 19.8. The maximum Gasteiger partial charge on any atom is 0.251 e. The number of hydrogen-bond donors (Lipinski definition) is 3. The van der Waals surface area contributed by atoms with Crippen LogP contribution in [-0.2, 0) is 9.53 Å². The summed E-state index contributed by atoms with van der Waals surface area (Å²) in [6.45, 7) is 0.284. The molecule has 6 nitrogen and oxygen atoms in total. The Morgan fingerprint density at radius 2 is 1.89 bits per heavy atom. The lowest BCUT2D eigenvalue weighted by molar-refractivity contribution is -0.134. The molecule has 0 unspecified atom stereocenters. The molecule has 148 valence electrons. The third-order valence-corrected chi connectivity index (χ3v) is 5.46. The fourth-order valence-corrected chi connectivity index (χ4v) is 3.53. The van der Waals surface area contributed by atoms with Gasteiger partial charge in [0.2, 0.25) is 5.91 Å². The zero-order valence-electron chi connectivity index (χ0n) is 15.3. The van der Waals surface area contributed by atoms with Crippen LogP contribution >= 0.6 is 0 Å². The predicted octanol–water partition coefficient (Wildman–Crippen LogP) is 1.77. The topological polar surface area (TPSA) is 87.7 Å². The van der Waals surface area contributed by atoms with Gasteiger partial charge in [0.05, 0.1) is 18.8 Å². The Labute approximate surface area is 158 Å². The average Bonchev–Trinajstić information content (AvgIpc) is 2.61. The number of hydrogen-bond acceptors (Lipinski definition) is 4. The molecular weight excluding hydrogens is 351 g/mol. The monoisotopic (exact) mass is 378 g/mol. The molecule has 0 aromatic heterocycles. The number of amides is 2. The fraction of sp³-hybridized carbons (Fsp3) is 0.600. The molecule has 0 bridgehead atoms. The molecule has 1 aromatic rings. The van der Waals surface area contributed by atoms with Crippen LogP contribution < -0.4 is 10.6 Å². The highest BCUT2D eigenvalue weighted by atomic mass is 19.1. The zero-order chi connectivity index (χ0) is 19.2. The summed E-state index contributed by atoms with van der Waals surface area (Å²) in [7, 11) is 0. The zero-order valence-corrected chi connectivity index (χ0v) is 15.3. The van der Waals surface area contributed by atoms with E-state index in [1.165, 1.54) is 24.3 Å². The van der Waals surface area contributed by atoms with Gasteiger partial charge in [-0.3, -0.25) is 9.59 Å². The quantitative estimate of drug-likeness (QED) is 0.675. The third kappa shape index (κ3) is 5.26. The fourth-order valence-electron chi connectivity index (χ4n) is 3.53. The predicted molar refractivity (Wildman–Crippen MR) is 97.6 cm³/mol. The van der Waals surface area contributed by atoms with Gasteiger partial charge in [-0.15, -0.1) is 0 Å². The lowest BCUT2D eigenvalue weighted by atomic mass is 9.84. The molecule has 27 heavy (non-hydrogen) atoms. The second kappa shape index (κ2) is 9.28. The van der Waals surface area contributed by atoms with Crippen molar-refractivity contribution >= 4 is 11.8 Å². The molecule has 7 heteroatoms. The number of aliphatic hydroxyl groups is 1. The van der Waals surface area contributed by atoms with Crippen LogP contribution in [0, 0.1) is 11.7 Å². The molecule has 3 N–H and O–H groups in total. The molecule has 0 radical (unpaired) electrons. The van der Waals surface area contributed by atoms with Crippen molar-refractivity contribution in [2.75, 3.05) is 13.2 Å². The number of aliphatic hydroxyl groups excluding tert-OH is 1. The third-order valence-electron chi connectivity index (χ3n) is 5.46. The van der Waals surface area contributed by atoms with E-state index in [-0.39, 0.29) is 42.3 Å². The Morgan fingerprint density at radius 1 is 1.15 bits per heavy atom. The largest absolute Gasteiger partial charge is 0.394 e. The van der Waals surface area contributed by atoms with Crippen LogP contribution in [0.5, 0.6) is 0 Å². The van der Waals surface area contributed by atoms with Crippen LogP contribution in [0.4, 0.5) is 4.39 Å². The molecule has 1 aliphatic heterocycles. The van der Waals surface area contributed by atoms with Crippen molar-refractivity contribution in [3.05, 3.63) is 35.6 Å². The van der Waals surface area contributed by atoms with E-state index in [2.05, 4.69) is 10.6 Å². The van der Waals surface area contributed by atoms with E-state index in [1.807, 2.05) is 0 Å². The summed E-state index contributed by atoms with van der Waals surface area (Å²) in [5.41, 5.74) is 0.410. The lowest BCUT2D eigenvalue weighted by Gasteiger charge is -2.37. The van der Waals surface area contributed by atoms with E-state index in [1.54, 1.807) is 0 Å². The van der Waals surface area contributed by atoms with Gasteiger partial charge < -0.3 is 20.5 Å². The second-order valence-corrected chi connectivity index (χ2v) is 7.35. The van der Waals surface area contributed by atoms with Gasteiger partial charge in [-0.2, -0.15) is 0 Å². The van der Waals surface area contributed by atoms with Crippen molar-refractivity contribution in [2.24, 2.45) is 5.92 Å². The molecule has 3 atom stereocenters. The van der Waals surface area contributed by atoms with Gasteiger partial charge in [0, 0.05) is 18.0 Å². The summed E-state index contributed by atoms with van der Waals surface area (Å²) in [5, 5.41) is 15.4. The van der Waals surface area contributed by atoms with Crippen LogP contribution in [0.25, 0.3) is 0 Å². The van der Waals surface area contributed by atoms with Crippen molar-refractivity contribution in [3.63, 3.8) is 0 Å². The summed E-state index contributed by atoms with van der Waals surface area (Å²) in [4.78, 5) is 24.1. The molecule has 2 aliphatic rings. The maximum absolute atomic E-state index is 12.9. The first-order valence-electron chi connectivity index (χ1n) is 9.67. The van der Waals surface area contributed by atoms with Gasteiger partial charge in [0.1, 0.15) is 11.9 Å². The van der Waals surface area contributed by atoms with Crippen molar-refractivity contribution < 1.29 is 23.8 Å². The summed E-state index contributed by atoms with van der Waals surface area (Å²) >= 11 is 0. The number of halogens is 1. The van der Waals surface area contributed by atoms with Gasteiger partial charge in [-0.25, -0.2) is 4.39 Å². The van der Waals surface area contributed by atoms with Crippen molar-refractivity contribution in [2.45, 2.75) is 56.8 Å². The SMILES string of the molecule is O=C(NCC[C@@H]1CC[C@@H](NC(=O)C2CCC2)[C@@H](CO)O1)c1ccc(F)cc1. The van der Waals surface area contributed by atoms with Crippen LogP contribution in [0.2, 0.25) is 0 Å². The van der Waals surface area contributed by atoms with E-state index in [4.69, 9.17) is 4.74 Å². The number of benzene rings is 1. The van der Waals surface area contributed by atoms with Gasteiger partial charge in [-0.05, 0) is 56.4 Å². The number of ether oxygens (including phenoxy) is 1. The Hall–Kier alpha value is -1.99. The van der Waals surface area contributed by atoms with Crippen LogP contribution in [0.3, 0.4) is 0 Å². The molecule has 2 fully saturated rings. The molecule has 1 aromatic carbocycles. The Balaban J connectivity index is 1.40. The molecule has 2 amide bonds. The summed E-state index contributed by atoms with van der Waals surface area (Å²) < 4.78 is 18.8. The van der Waals surface area contributed by atoms with Crippen molar-refractivity contribution in [1.82, 2.24) is 10.6 Å². The number of nitrogens with one attached hydrogen (secondary N) is 2. The first-order chi connectivity index (χ1) is 13.1. The molecule has 1 saturated heterocycles. The van der Waals surface area contributed by atoms with E-state index in [0.29, 0.717) is 18.5 Å². The van der Waals surface area contributed by atoms with Crippen molar-refractivity contribution in [1.29, 1.82) is 0 Å². The number of carbonyl (C=O) groups excluding carboxylic acids is 2. The summed E-state index contributed by atoms with van der Waals surface area (Å²) in [5.74, 6) is -0.451. The summed E-state index contributed by atoms with van der Waals surface area (Å²) in [6.07, 6.45) is 4.63. The minimum absolute atomic E-state index is 0.0679. The smallest absolute Gasteiger partial charge is 0.251 e. The van der Waals surface area contributed by atoms with Crippen LogP contribution in [0.15, 0.2) is 24.3 Å². The average molecular weight is 378 g/mol. The highest BCUT2D eigenvalue weighted by Gasteiger charge is 2.34. The Morgan fingerprint density at radius 3 is 2.52 bits per heavy atom. The highest BCUT2D eigenvalue weighted by molar-refractivity contribution is 5.94. The van der Waals surface area contributed by atoms with Gasteiger partial charge >= 0.3 is 0 Å². The molecule has 1 heterocycles. The Kier molecular flexibility index (Phi) is 6.79. The van der Waals surface area contributed by atoms with E-state index < -0.39 is 6.10 Å². The normalized spacial score (nSPS) is 25.5. The molecule has 1 saturated carbocycles. The van der Waals surface area contributed by atoms with Gasteiger partial charge in [0.15, 0.2) is 0 Å². The molecule has 1 aliphatic carbocycles. The first-order valence-corrected chi connectivity index (χ1v) is 9.67.